The number of rotatable bonds is 4. The molecule has 0 heterocycles. The third-order valence-corrected chi connectivity index (χ3v) is 2.73. The van der Waals surface area contributed by atoms with Crippen molar-refractivity contribution in [3.63, 3.8) is 0 Å². The molecule has 0 spiro atoms. The summed E-state index contributed by atoms with van der Waals surface area (Å²) in [6.45, 7) is 0. The zero-order valence-electron chi connectivity index (χ0n) is 7.59. The van der Waals surface area contributed by atoms with E-state index in [0.717, 1.165) is 18.8 Å². The first-order chi connectivity index (χ1) is 5.79. The average molecular weight is 178 g/mol. The SMILES string of the molecule is O=C(O)CCCC1CCCCC1.[LiH]. The monoisotopic (exact) mass is 178 g/mol. The van der Waals surface area contributed by atoms with Gasteiger partial charge in [-0.1, -0.05) is 32.1 Å². The molecule has 0 amide bonds. The zero-order chi connectivity index (χ0) is 8.81. The summed E-state index contributed by atoms with van der Waals surface area (Å²) < 4.78 is 0. The van der Waals surface area contributed by atoms with Gasteiger partial charge in [-0.05, 0) is 18.8 Å². The Bertz CT molecular complexity index is 142. The summed E-state index contributed by atoms with van der Waals surface area (Å²) >= 11 is 0. The topological polar surface area (TPSA) is 37.3 Å². The summed E-state index contributed by atoms with van der Waals surface area (Å²) in [7, 11) is 0. The van der Waals surface area contributed by atoms with Gasteiger partial charge in [-0.15, -0.1) is 0 Å². The van der Waals surface area contributed by atoms with Crippen molar-refractivity contribution >= 4 is 24.8 Å². The van der Waals surface area contributed by atoms with Crippen molar-refractivity contribution < 1.29 is 9.90 Å². The molecule has 13 heavy (non-hydrogen) atoms. The van der Waals surface area contributed by atoms with Crippen LogP contribution in [0.2, 0.25) is 0 Å². The van der Waals surface area contributed by atoms with Crippen molar-refractivity contribution in [3.05, 3.63) is 0 Å². The Morgan fingerprint density at radius 3 is 2.38 bits per heavy atom. The summed E-state index contributed by atoms with van der Waals surface area (Å²) in [6.07, 6.45) is 9.13. The van der Waals surface area contributed by atoms with Crippen molar-refractivity contribution in [2.45, 2.75) is 51.4 Å². The van der Waals surface area contributed by atoms with E-state index in [4.69, 9.17) is 5.11 Å². The van der Waals surface area contributed by atoms with Crippen molar-refractivity contribution in [2.24, 2.45) is 5.92 Å². The van der Waals surface area contributed by atoms with Gasteiger partial charge in [-0.2, -0.15) is 0 Å². The van der Waals surface area contributed by atoms with Crippen molar-refractivity contribution in [1.82, 2.24) is 0 Å². The Hall–Kier alpha value is 0.0674. The number of carboxylic acids is 1. The third-order valence-electron chi connectivity index (χ3n) is 2.73. The summed E-state index contributed by atoms with van der Waals surface area (Å²) in [4.78, 5) is 10.2. The number of aliphatic carboxylic acids is 1. The molecule has 1 N–H and O–H groups in total. The van der Waals surface area contributed by atoms with Crippen LogP contribution in [-0.2, 0) is 4.79 Å². The van der Waals surface area contributed by atoms with E-state index in [1.165, 1.54) is 32.1 Å². The van der Waals surface area contributed by atoms with Gasteiger partial charge in [0.25, 0.3) is 0 Å². The van der Waals surface area contributed by atoms with E-state index in [9.17, 15) is 4.79 Å². The van der Waals surface area contributed by atoms with E-state index in [0.29, 0.717) is 6.42 Å². The van der Waals surface area contributed by atoms with Gasteiger partial charge in [0.05, 0.1) is 0 Å². The third kappa shape index (κ3) is 6.18. The van der Waals surface area contributed by atoms with Crippen LogP contribution in [0.3, 0.4) is 0 Å². The second kappa shape index (κ2) is 7.47. The minimum absolute atomic E-state index is 0. The van der Waals surface area contributed by atoms with Crippen LogP contribution in [0.5, 0.6) is 0 Å². The second-order valence-corrected chi connectivity index (χ2v) is 3.79. The molecule has 1 aliphatic carbocycles. The molecule has 0 aromatic carbocycles. The van der Waals surface area contributed by atoms with Gasteiger partial charge in [0.1, 0.15) is 0 Å². The Morgan fingerprint density at radius 2 is 1.85 bits per heavy atom. The first-order valence-corrected chi connectivity index (χ1v) is 5.01. The van der Waals surface area contributed by atoms with Gasteiger partial charge in [0.15, 0.2) is 0 Å². The number of hydrogen-bond donors (Lipinski definition) is 1. The van der Waals surface area contributed by atoms with E-state index < -0.39 is 5.97 Å². The van der Waals surface area contributed by atoms with Crippen LogP contribution in [0.25, 0.3) is 0 Å². The molecule has 0 aromatic rings. The van der Waals surface area contributed by atoms with Gasteiger partial charge in [0.2, 0.25) is 0 Å². The maximum absolute atomic E-state index is 10.2. The fraction of sp³-hybridized carbons (Fsp3) is 0.900. The summed E-state index contributed by atoms with van der Waals surface area (Å²) in [5.74, 6) is 0.184. The normalized spacial score (nSPS) is 17.8. The van der Waals surface area contributed by atoms with Crippen LogP contribution in [-0.4, -0.2) is 29.9 Å². The average Bonchev–Trinajstić information content (AvgIpc) is 2.05. The van der Waals surface area contributed by atoms with Gasteiger partial charge < -0.3 is 5.11 Å². The predicted molar refractivity (Wildman–Crippen MR) is 55.2 cm³/mol. The van der Waals surface area contributed by atoms with Crippen LogP contribution < -0.4 is 0 Å². The van der Waals surface area contributed by atoms with Crippen molar-refractivity contribution in [1.29, 1.82) is 0 Å². The Labute approximate surface area is 92.3 Å². The summed E-state index contributed by atoms with van der Waals surface area (Å²) in [5.41, 5.74) is 0. The molecular weight excluding hydrogens is 159 g/mol. The van der Waals surface area contributed by atoms with E-state index >= 15 is 0 Å². The minimum atomic E-state index is -0.647. The van der Waals surface area contributed by atoms with Gasteiger partial charge in [-0.3, -0.25) is 4.79 Å². The predicted octanol–water partition coefficient (Wildman–Crippen LogP) is 2.17. The number of carbonyl (C=O) groups is 1. The van der Waals surface area contributed by atoms with E-state index in [2.05, 4.69) is 0 Å². The summed E-state index contributed by atoms with van der Waals surface area (Å²) in [5, 5.41) is 8.44. The Kier molecular flexibility index (Phi) is 7.51. The molecule has 0 radical (unpaired) electrons. The number of carboxylic acid groups (broad SMARTS) is 1. The van der Waals surface area contributed by atoms with Crippen molar-refractivity contribution in [2.75, 3.05) is 0 Å². The molecule has 1 saturated carbocycles. The standard InChI is InChI=1S/C10H18O2.Li.H/c11-10(12)8-4-7-9-5-2-1-3-6-9;;/h9H,1-8H2,(H,11,12);;. The maximum atomic E-state index is 10.2. The van der Waals surface area contributed by atoms with Crippen molar-refractivity contribution in [3.8, 4) is 0 Å². The number of hydrogen-bond acceptors (Lipinski definition) is 1. The second-order valence-electron chi connectivity index (χ2n) is 3.79. The van der Waals surface area contributed by atoms with Gasteiger partial charge >= 0.3 is 24.8 Å². The molecule has 0 unspecified atom stereocenters. The fourth-order valence-corrected chi connectivity index (χ4v) is 2.02. The molecule has 1 aliphatic rings. The van der Waals surface area contributed by atoms with E-state index in [1.807, 2.05) is 0 Å². The molecule has 3 heteroatoms. The summed E-state index contributed by atoms with van der Waals surface area (Å²) in [6, 6.07) is 0. The molecule has 0 atom stereocenters. The molecule has 1 fully saturated rings. The molecule has 0 aromatic heterocycles. The molecule has 72 valence electrons. The first kappa shape index (κ1) is 13.1. The quantitative estimate of drug-likeness (QED) is 0.670. The van der Waals surface area contributed by atoms with E-state index in [1.54, 1.807) is 0 Å². The molecule has 0 bridgehead atoms. The van der Waals surface area contributed by atoms with Crippen LogP contribution in [0.4, 0.5) is 0 Å². The van der Waals surface area contributed by atoms with E-state index in [-0.39, 0.29) is 18.9 Å². The van der Waals surface area contributed by atoms with Gasteiger partial charge in [-0.25, -0.2) is 0 Å². The van der Waals surface area contributed by atoms with Crippen LogP contribution in [0.1, 0.15) is 51.4 Å². The van der Waals surface area contributed by atoms with Gasteiger partial charge in [0, 0.05) is 6.42 Å². The molecule has 0 aliphatic heterocycles. The molecular formula is C10H19LiO2. The Balaban J connectivity index is 0.00000144. The Morgan fingerprint density at radius 1 is 1.23 bits per heavy atom. The fourth-order valence-electron chi connectivity index (χ4n) is 2.02. The zero-order valence-corrected chi connectivity index (χ0v) is 7.59. The van der Waals surface area contributed by atoms with Crippen LogP contribution in [0.15, 0.2) is 0 Å². The molecule has 2 nitrogen and oxygen atoms in total. The van der Waals surface area contributed by atoms with Crippen LogP contribution in [0, 0.1) is 5.92 Å². The first-order valence-electron chi connectivity index (χ1n) is 5.01. The molecule has 0 saturated heterocycles. The van der Waals surface area contributed by atoms with Crippen LogP contribution >= 0.6 is 0 Å². The molecule has 1 rings (SSSR count).